The van der Waals surface area contributed by atoms with E-state index in [1.54, 1.807) is 0 Å². The van der Waals surface area contributed by atoms with E-state index in [-0.39, 0.29) is 0 Å². The smallest absolute Gasteiger partial charge is 0.0143 e. The van der Waals surface area contributed by atoms with Gasteiger partial charge in [-0.1, -0.05) is 67.0 Å². The molecule has 0 radical (unpaired) electrons. The SMILES string of the molecule is CC(C)CC1C2=CCC3C(C)(CCC4C(C)C(C)CCC43C)C2CCC1(C)C. The average molecular weight is 385 g/mol. The lowest BCUT2D eigenvalue weighted by Crippen LogP contribution is -2.58. The van der Waals surface area contributed by atoms with Crippen molar-refractivity contribution in [1.82, 2.24) is 0 Å². The molecule has 8 atom stereocenters. The third kappa shape index (κ3) is 2.98. The Balaban J connectivity index is 1.70. The summed E-state index contributed by atoms with van der Waals surface area (Å²) < 4.78 is 0. The van der Waals surface area contributed by atoms with Gasteiger partial charge in [0.05, 0.1) is 0 Å². The van der Waals surface area contributed by atoms with Crippen molar-refractivity contribution in [2.45, 2.75) is 107 Å². The molecule has 4 aliphatic rings. The van der Waals surface area contributed by atoms with Crippen molar-refractivity contribution in [3.05, 3.63) is 11.6 Å². The van der Waals surface area contributed by atoms with Gasteiger partial charge in [-0.2, -0.15) is 0 Å². The van der Waals surface area contributed by atoms with Crippen molar-refractivity contribution < 1.29 is 0 Å². The van der Waals surface area contributed by atoms with Gasteiger partial charge in [-0.3, -0.25) is 0 Å². The standard InChI is InChI=1S/C28H48/c1-18(2)17-24-21-9-10-25-27(7)15-11-19(3)20(4)22(27)13-16-28(25,8)23(21)12-14-26(24,5)6/h9,18-20,22-25H,10-17H2,1-8H3. The molecule has 0 aromatic heterocycles. The van der Waals surface area contributed by atoms with E-state index >= 15 is 0 Å². The van der Waals surface area contributed by atoms with Crippen LogP contribution in [0.5, 0.6) is 0 Å². The molecule has 0 nitrogen and oxygen atoms in total. The van der Waals surface area contributed by atoms with Crippen LogP contribution in [0.15, 0.2) is 11.6 Å². The van der Waals surface area contributed by atoms with E-state index in [0.717, 1.165) is 41.4 Å². The maximum absolute atomic E-state index is 2.81. The van der Waals surface area contributed by atoms with Gasteiger partial charge in [0.1, 0.15) is 0 Å². The van der Waals surface area contributed by atoms with Gasteiger partial charge in [0.25, 0.3) is 0 Å². The Morgan fingerprint density at radius 1 is 0.929 bits per heavy atom. The van der Waals surface area contributed by atoms with Crippen LogP contribution < -0.4 is 0 Å². The fourth-order valence-corrected chi connectivity index (χ4v) is 9.09. The van der Waals surface area contributed by atoms with Crippen LogP contribution in [0.25, 0.3) is 0 Å². The second kappa shape index (κ2) is 6.88. The Bertz CT molecular complexity index is 624. The zero-order valence-corrected chi connectivity index (χ0v) is 20.3. The van der Waals surface area contributed by atoms with Crippen LogP contribution in [0.2, 0.25) is 0 Å². The molecule has 0 heterocycles. The van der Waals surface area contributed by atoms with E-state index in [4.69, 9.17) is 0 Å². The number of hydrogen-bond acceptors (Lipinski definition) is 0. The summed E-state index contributed by atoms with van der Waals surface area (Å²) in [4.78, 5) is 0. The molecule has 4 rings (SSSR count). The van der Waals surface area contributed by atoms with E-state index in [9.17, 15) is 0 Å². The molecule has 0 heteroatoms. The van der Waals surface area contributed by atoms with E-state index in [1.807, 2.05) is 5.57 Å². The highest BCUT2D eigenvalue weighted by Crippen LogP contribution is 2.69. The summed E-state index contributed by atoms with van der Waals surface area (Å²) in [6.45, 7) is 20.6. The Kier molecular flexibility index (Phi) is 5.16. The fourth-order valence-electron chi connectivity index (χ4n) is 9.09. The third-order valence-corrected chi connectivity index (χ3v) is 11.0. The van der Waals surface area contributed by atoms with Crippen molar-refractivity contribution in [1.29, 1.82) is 0 Å². The van der Waals surface area contributed by atoms with Gasteiger partial charge in [0, 0.05) is 0 Å². The van der Waals surface area contributed by atoms with Crippen LogP contribution in [0.1, 0.15) is 107 Å². The molecule has 0 aromatic rings. The molecular weight excluding hydrogens is 336 g/mol. The lowest BCUT2D eigenvalue weighted by atomic mass is 9.39. The maximum atomic E-state index is 2.81. The lowest BCUT2D eigenvalue weighted by molar-refractivity contribution is -0.140. The fraction of sp³-hybridized carbons (Fsp3) is 0.929. The first-order valence-corrected chi connectivity index (χ1v) is 12.7. The summed E-state index contributed by atoms with van der Waals surface area (Å²) >= 11 is 0. The number of hydrogen-bond donors (Lipinski definition) is 0. The van der Waals surface area contributed by atoms with Crippen molar-refractivity contribution in [2.24, 2.45) is 57.7 Å². The Morgan fingerprint density at radius 2 is 1.61 bits per heavy atom. The molecular formula is C28H48. The predicted octanol–water partition coefficient (Wildman–Crippen LogP) is 8.52. The summed E-state index contributed by atoms with van der Waals surface area (Å²) in [5, 5.41) is 0. The van der Waals surface area contributed by atoms with E-state index < -0.39 is 0 Å². The average Bonchev–Trinajstić information content (AvgIpc) is 2.60. The summed E-state index contributed by atoms with van der Waals surface area (Å²) in [7, 11) is 0. The van der Waals surface area contributed by atoms with Crippen molar-refractivity contribution >= 4 is 0 Å². The molecule has 0 aromatic carbocycles. The van der Waals surface area contributed by atoms with Gasteiger partial charge in [-0.15, -0.1) is 0 Å². The second-order valence-electron chi connectivity index (χ2n) is 13.3. The molecule has 0 spiro atoms. The third-order valence-electron chi connectivity index (χ3n) is 11.0. The first-order valence-electron chi connectivity index (χ1n) is 12.7. The van der Waals surface area contributed by atoms with Gasteiger partial charge in [0.2, 0.25) is 0 Å². The van der Waals surface area contributed by atoms with Gasteiger partial charge in [-0.05, 0) is 109 Å². The van der Waals surface area contributed by atoms with Crippen LogP contribution in [-0.2, 0) is 0 Å². The molecule has 0 saturated heterocycles. The minimum Gasteiger partial charge on any atom is -0.0844 e. The predicted molar refractivity (Wildman–Crippen MR) is 122 cm³/mol. The normalized spacial score (nSPS) is 50.4. The summed E-state index contributed by atoms with van der Waals surface area (Å²) in [6, 6.07) is 0. The van der Waals surface area contributed by atoms with Crippen LogP contribution in [-0.4, -0.2) is 0 Å². The van der Waals surface area contributed by atoms with Gasteiger partial charge in [-0.25, -0.2) is 0 Å². The first-order chi connectivity index (χ1) is 13.0. The van der Waals surface area contributed by atoms with E-state index in [0.29, 0.717) is 16.2 Å². The van der Waals surface area contributed by atoms with Gasteiger partial charge >= 0.3 is 0 Å². The highest BCUT2D eigenvalue weighted by molar-refractivity contribution is 5.27. The summed E-state index contributed by atoms with van der Waals surface area (Å²) in [6.07, 6.45) is 14.4. The lowest BCUT2D eigenvalue weighted by Gasteiger charge is -2.66. The van der Waals surface area contributed by atoms with Crippen LogP contribution >= 0.6 is 0 Å². The minimum atomic E-state index is 0.492. The molecule has 0 N–H and O–H groups in total. The van der Waals surface area contributed by atoms with Crippen molar-refractivity contribution in [3.8, 4) is 0 Å². The van der Waals surface area contributed by atoms with Crippen LogP contribution in [0.3, 0.4) is 0 Å². The molecule has 4 aliphatic carbocycles. The first kappa shape index (κ1) is 21.0. The summed E-state index contributed by atoms with van der Waals surface area (Å²) in [5.74, 6) is 6.24. The van der Waals surface area contributed by atoms with Crippen LogP contribution in [0.4, 0.5) is 0 Å². The minimum absolute atomic E-state index is 0.492. The zero-order valence-electron chi connectivity index (χ0n) is 20.3. The van der Waals surface area contributed by atoms with Gasteiger partial charge in [0.15, 0.2) is 0 Å². The summed E-state index contributed by atoms with van der Waals surface area (Å²) in [5.41, 5.74) is 3.54. The Hall–Kier alpha value is -0.260. The maximum Gasteiger partial charge on any atom is -0.0143 e. The molecule has 0 aliphatic heterocycles. The van der Waals surface area contributed by atoms with E-state index in [2.05, 4.69) is 61.5 Å². The molecule has 8 unspecified atom stereocenters. The number of fused-ring (bicyclic) bond motifs is 5. The molecule has 3 fully saturated rings. The van der Waals surface area contributed by atoms with Crippen LogP contribution in [0, 0.1) is 57.7 Å². The topological polar surface area (TPSA) is 0 Å². The van der Waals surface area contributed by atoms with Crippen molar-refractivity contribution in [2.75, 3.05) is 0 Å². The quantitative estimate of drug-likeness (QED) is 0.418. The largest absolute Gasteiger partial charge is 0.0844 e. The highest BCUT2D eigenvalue weighted by atomic mass is 14.7. The number of rotatable bonds is 2. The van der Waals surface area contributed by atoms with Crippen molar-refractivity contribution in [3.63, 3.8) is 0 Å². The molecule has 160 valence electrons. The molecule has 28 heavy (non-hydrogen) atoms. The highest BCUT2D eigenvalue weighted by Gasteiger charge is 2.61. The molecule has 3 saturated carbocycles. The van der Waals surface area contributed by atoms with Gasteiger partial charge < -0.3 is 0 Å². The zero-order chi connectivity index (χ0) is 20.5. The molecule has 0 amide bonds. The Labute approximate surface area is 176 Å². The Morgan fingerprint density at radius 3 is 2.29 bits per heavy atom. The second-order valence-corrected chi connectivity index (χ2v) is 13.3. The molecule has 0 bridgehead atoms. The monoisotopic (exact) mass is 384 g/mol. The van der Waals surface area contributed by atoms with E-state index in [1.165, 1.54) is 51.4 Å². The number of allylic oxidation sites excluding steroid dienone is 2.